The van der Waals surface area contributed by atoms with Gasteiger partial charge in [0.05, 0.1) is 10.7 Å². The molecule has 0 spiro atoms. The Hall–Kier alpha value is -0.700. The van der Waals surface area contributed by atoms with Crippen molar-refractivity contribution in [3.63, 3.8) is 0 Å². The van der Waals surface area contributed by atoms with E-state index in [4.69, 9.17) is 0 Å². The zero-order chi connectivity index (χ0) is 10.0. The molecule has 0 radical (unpaired) electrons. The maximum absolute atomic E-state index is 11.0. The van der Waals surface area contributed by atoms with Gasteiger partial charge >= 0.3 is 0 Å². The van der Waals surface area contributed by atoms with Crippen LogP contribution in [0.5, 0.6) is 0 Å². The highest BCUT2D eigenvalue weighted by Crippen LogP contribution is 2.19. The van der Waals surface area contributed by atoms with E-state index in [9.17, 15) is 4.79 Å². The van der Waals surface area contributed by atoms with Crippen molar-refractivity contribution in [2.75, 3.05) is 0 Å². The van der Waals surface area contributed by atoms with Crippen LogP contribution >= 0.6 is 11.3 Å². The van der Waals surface area contributed by atoms with Crippen molar-refractivity contribution in [1.29, 1.82) is 0 Å². The molecule has 1 aromatic heterocycles. The van der Waals surface area contributed by atoms with E-state index < -0.39 is 0 Å². The van der Waals surface area contributed by atoms with E-state index in [1.54, 1.807) is 18.3 Å². The minimum absolute atomic E-state index is 0.102. The first-order chi connectivity index (χ1) is 6.00. The fourth-order valence-corrected chi connectivity index (χ4v) is 2.09. The smallest absolute Gasteiger partial charge is 0.133 e. The van der Waals surface area contributed by atoms with Crippen LogP contribution in [0.25, 0.3) is 0 Å². The Kier molecular flexibility index (Phi) is 3.20. The number of Topliss-reactive ketones (excluding diaryl/α,β-unsaturated/α-hetero) is 1. The first-order valence-electron chi connectivity index (χ1n) is 4.44. The van der Waals surface area contributed by atoms with Gasteiger partial charge in [0.25, 0.3) is 0 Å². The number of aryl methyl sites for hydroxylation is 2. The largest absolute Gasteiger partial charge is 0.300 e. The molecule has 0 bridgehead atoms. The van der Waals surface area contributed by atoms with Crippen molar-refractivity contribution in [1.82, 2.24) is 4.98 Å². The number of carbonyl (C=O) groups excluding carboxylic acids is 1. The van der Waals surface area contributed by atoms with Gasteiger partial charge < -0.3 is 0 Å². The summed E-state index contributed by atoms with van der Waals surface area (Å²) in [5.74, 6) is 0.343. The number of aromatic nitrogens is 1. The molecule has 72 valence electrons. The highest BCUT2D eigenvalue weighted by atomic mass is 32.1. The van der Waals surface area contributed by atoms with Crippen LogP contribution in [-0.2, 0) is 11.2 Å². The normalized spacial score (nSPS) is 12.9. The number of ketones is 1. The van der Waals surface area contributed by atoms with Gasteiger partial charge in [0.15, 0.2) is 0 Å². The molecule has 1 unspecified atom stereocenters. The monoisotopic (exact) mass is 197 g/mol. The van der Waals surface area contributed by atoms with Gasteiger partial charge in [-0.15, -0.1) is 11.3 Å². The molecule has 1 rings (SSSR count). The van der Waals surface area contributed by atoms with Gasteiger partial charge in [-0.1, -0.05) is 6.92 Å². The van der Waals surface area contributed by atoms with E-state index in [1.807, 2.05) is 13.8 Å². The Morgan fingerprint density at radius 1 is 1.54 bits per heavy atom. The summed E-state index contributed by atoms with van der Waals surface area (Å²) in [5, 5.41) is 1.08. The van der Waals surface area contributed by atoms with Crippen molar-refractivity contribution in [3.05, 3.63) is 15.6 Å². The van der Waals surface area contributed by atoms with Gasteiger partial charge in [0, 0.05) is 17.2 Å². The van der Waals surface area contributed by atoms with Crippen molar-refractivity contribution >= 4 is 17.1 Å². The summed E-state index contributed by atoms with van der Waals surface area (Å²) < 4.78 is 0. The zero-order valence-electron chi connectivity index (χ0n) is 8.55. The molecule has 0 fully saturated rings. The van der Waals surface area contributed by atoms with E-state index in [-0.39, 0.29) is 11.7 Å². The zero-order valence-corrected chi connectivity index (χ0v) is 9.36. The summed E-state index contributed by atoms with van der Waals surface area (Å²) in [7, 11) is 0. The molecule has 3 heteroatoms. The standard InChI is InChI=1S/C10H15NOS/c1-6(8(3)12)5-10-11-7(2)9(4)13-10/h6H,5H2,1-4H3. The van der Waals surface area contributed by atoms with Crippen LogP contribution in [0.2, 0.25) is 0 Å². The van der Waals surface area contributed by atoms with Crippen molar-refractivity contribution < 1.29 is 4.79 Å². The van der Waals surface area contributed by atoms with Gasteiger partial charge in [-0.05, 0) is 20.8 Å². The Labute approximate surface area is 83.0 Å². The van der Waals surface area contributed by atoms with E-state index in [0.717, 1.165) is 17.1 Å². The second-order valence-electron chi connectivity index (χ2n) is 3.47. The molecule has 2 nitrogen and oxygen atoms in total. The predicted molar refractivity (Wildman–Crippen MR) is 55.1 cm³/mol. The van der Waals surface area contributed by atoms with Crippen LogP contribution in [0.3, 0.4) is 0 Å². The first-order valence-corrected chi connectivity index (χ1v) is 5.25. The lowest BCUT2D eigenvalue weighted by Gasteiger charge is -2.02. The third-order valence-corrected chi connectivity index (χ3v) is 3.34. The molecule has 13 heavy (non-hydrogen) atoms. The Bertz CT molecular complexity index is 297. The molecule has 1 heterocycles. The second-order valence-corrected chi connectivity index (χ2v) is 4.75. The summed E-state index contributed by atoms with van der Waals surface area (Å²) in [5.41, 5.74) is 1.09. The molecular formula is C10H15NOS. The van der Waals surface area contributed by atoms with Gasteiger partial charge in [-0.3, -0.25) is 4.79 Å². The quantitative estimate of drug-likeness (QED) is 0.745. The summed E-state index contributed by atoms with van der Waals surface area (Å²) in [6.45, 7) is 7.66. The molecule has 0 aromatic carbocycles. The van der Waals surface area contributed by atoms with Gasteiger partial charge in [-0.2, -0.15) is 0 Å². The molecule has 1 aromatic rings. The summed E-state index contributed by atoms with van der Waals surface area (Å²) in [6, 6.07) is 0. The average molecular weight is 197 g/mol. The van der Waals surface area contributed by atoms with Crippen LogP contribution < -0.4 is 0 Å². The maximum atomic E-state index is 11.0. The Balaban J connectivity index is 2.69. The number of hydrogen-bond acceptors (Lipinski definition) is 3. The third kappa shape index (κ3) is 2.62. The van der Waals surface area contributed by atoms with Crippen LogP contribution in [-0.4, -0.2) is 10.8 Å². The number of rotatable bonds is 3. The van der Waals surface area contributed by atoms with Crippen molar-refractivity contribution in [2.24, 2.45) is 5.92 Å². The van der Waals surface area contributed by atoms with Crippen LogP contribution in [0.4, 0.5) is 0 Å². The van der Waals surface area contributed by atoms with Gasteiger partial charge in [0.1, 0.15) is 5.78 Å². The van der Waals surface area contributed by atoms with E-state index in [0.29, 0.717) is 0 Å². The Morgan fingerprint density at radius 3 is 2.54 bits per heavy atom. The molecule has 0 saturated heterocycles. The molecular weight excluding hydrogens is 182 g/mol. The fourth-order valence-electron chi connectivity index (χ4n) is 1.03. The molecule has 0 aliphatic rings. The molecule has 0 aliphatic carbocycles. The summed E-state index contributed by atoms with van der Waals surface area (Å²) >= 11 is 1.70. The topological polar surface area (TPSA) is 30.0 Å². The summed E-state index contributed by atoms with van der Waals surface area (Å²) in [4.78, 5) is 16.7. The van der Waals surface area contributed by atoms with Gasteiger partial charge in [0.2, 0.25) is 0 Å². The molecule has 1 atom stereocenters. The SMILES string of the molecule is CC(=O)C(C)Cc1nc(C)c(C)s1. The lowest BCUT2D eigenvalue weighted by molar-refractivity contribution is -0.120. The molecule has 0 N–H and O–H groups in total. The third-order valence-electron chi connectivity index (χ3n) is 2.25. The van der Waals surface area contributed by atoms with Crippen LogP contribution in [0.1, 0.15) is 29.4 Å². The Morgan fingerprint density at radius 2 is 2.15 bits per heavy atom. The number of carbonyl (C=O) groups is 1. The highest BCUT2D eigenvalue weighted by Gasteiger charge is 2.11. The maximum Gasteiger partial charge on any atom is 0.133 e. The molecule has 0 amide bonds. The van der Waals surface area contributed by atoms with Crippen molar-refractivity contribution in [3.8, 4) is 0 Å². The minimum atomic E-state index is 0.102. The number of nitrogens with zero attached hydrogens (tertiary/aromatic N) is 1. The van der Waals surface area contributed by atoms with E-state index in [1.165, 1.54) is 4.88 Å². The van der Waals surface area contributed by atoms with Crippen molar-refractivity contribution in [2.45, 2.75) is 34.1 Å². The van der Waals surface area contributed by atoms with Crippen LogP contribution in [0.15, 0.2) is 0 Å². The first kappa shape index (κ1) is 10.4. The van der Waals surface area contributed by atoms with Gasteiger partial charge in [-0.25, -0.2) is 4.98 Å². The van der Waals surface area contributed by atoms with Crippen LogP contribution in [0, 0.1) is 19.8 Å². The lowest BCUT2D eigenvalue weighted by atomic mass is 10.0. The number of hydrogen-bond donors (Lipinski definition) is 0. The highest BCUT2D eigenvalue weighted by molar-refractivity contribution is 7.11. The average Bonchev–Trinajstić information content (AvgIpc) is 2.31. The second kappa shape index (κ2) is 4.01. The summed E-state index contributed by atoms with van der Waals surface area (Å²) in [6.07, 6.45) is 0.786. The van der Waals surface area contributed by atoms with E-state index >= 15 is 0 Å². The predicted octanol–water partition coefficient (Wildman–Crippen LogP) is 2.53. The fraction of sp³-hybridized carbons (Fsp3) is 0.600. The lowest BCUT2D eigenvalue weighted by Crippen LogP contribution is -2.09. The van der Waals surface area contributed by atoms with E-state index in [2.05, 4.69) is 11.9 Å². The number of thiazole rings is 1. The molecule has 0 aliphatic heterocycles. The molecule has 0 saturated carbocycles. The minimum Gasteiger partial charge on any atom is -0.300 e.